The van der Waals surface area contributed by atoms with Gasteiger partial charge in [-0.25, -0.2) is 0 Å². The van der Waals surface area contributed by atoms with Gasteiger partial charge < -0.3 is 24.7 Å². The molecule has 1 aliphatic rings. The molecule has 3 atom stereocenters. The van der Waals surface area contributed by atoms with E-state index in [2.05, 4.69) is 24.5 Å². The number of nitrogens with one attached hydrogen (secondary N) is 2. The standard InChI is InChI=1S/C26H35N3O5/c1-26(2,14-18-8-6-5-7-9-18)15-20(27-24(31)19-11-13-33-16-19)25(32)28-23-21(30)17-34-22(23)10-12-29(3)4/h5-9,11,13,16,20,22-23H,10,12,14-15,17H2,1-4H3,(H,27,31)(H,28,32)/t20-,22?,23?/m0/s1. The average Bonchev–Trinajstić information content (AvgIpc) is 3.43. The number of benzene rings is 1. The van der Waals surface area contributed by atoms with Gasteiger partial charge >= 0.3 is 0 Å². The molecule has 1 aromatic carbocycles. The Bertz CT molecular complexity index is 956. The van der Waals surface area contributed by atoms with E-state index in [1.165, 1.54) is 12.5 Å². The van der Waals surface area contributed by atoms with Crippen molar-refractivity contribution in [3.8, 4) is 0 Å². The highest BCUT2D eigenvalue weighted by atomic mass is 16.5. The molecule has 1 saturated heterocycles. The van der Waals surface area contributed by atoms with Crippen LogP contribution in [-0.4, -0.2) is 67.9 Å². The van der Waals surface area contributed by atoms with Crippen LogP contribution in [0.15, 0.2) is 53.3 Å². The molecule has 1 fully saturated rings. The first-order chi connectivity index (χ1) is 16.1. The van der Waals surface area contributed by atoms with Gasteiger partial charge in [-0.1, -0.05) is 44.2 Å². The summed E-state index contributed by atoms with van der Waals surface area (Å²) in [7, 11) is 3.89. The summed E-state index contributed by atoms with van der Waals surface area (Å²) in [4.78, 5) is 40.6. The fourth-order valence-corrected chi connectivity index (χ4v) is 4.26. The normalized spacial score (nSPS) is 19.3. The quantitative estimate of drug-likeness (QED) is 0.524. The van der Waals surface area contributed by atoms with E-state index in [1.807, 2.05) is 49.3 Å². The monoisotopic (exact) mass is 469 g/mol. The summed E-state index contributed by atoms with van der Waals surface area (Å²) in [6.07, 6.45) is 4.10. The van der Waals surface area contributed by atoms with E-state index in [4.69, 9.17) is 9.15 Å². The van der Waals surface area contributed by atoms with E-state index in [1.54, 1.807) is 6.07 Å². The van der Waals surface area contributed by atoms with Gasteiger partial charge in [0.2, 0.25) is 5.91 Å². The predicted octanol–water partition coefficient (Wildman–Crippen LogP) is 2.44. The van der Waals surface area contributed by atoms with Crippen LogP contribution in [0.1, 0.15) is 42.6 Å². The van der Waals surface area contributed by atoms with Crippen molar-refractivity contribution in [1.29, 1.82) is 0 Å². The summed E-state index contributed by atoms with van der Waals surface area (Å²) >= 11 is 0. The van der Waals surface area contributed by atoms with Crippen molar-refractivity contribution >= 4 is 17.6 Å². The molecule has 2 amide bonds. The predicted molar refractivity (Wildman–Crippen MR) is 128 cm³/mol. The van der Waals surface area contributed by atoms with Gasteiger partial charge in [0.1, 0.15) is 25.0 Å². The zero-order chi connectivity index (χ0) is 24.7. The molecule has 1 aliphatic heterocycles. The Morgan fingerprint density at radius 3 is 2.56 bits per heavy atom. The molecule has 0 saturated carbocycles. The molecular weight excluding hydrogens is 434 g/mol. The molecule has 8 nitrogen and oxygen atoms in total. The molecule has 34 heavy (non-hydrogen) atoms. The van der Waals surface area contributed by atoms with E-state index in [-0.39, 0.29) is 23.9 Å². The van der Waals surface area contributed by atoms with Gasteiger partial charge in [-0.2, -0.15) is 0 Å². The minimum absolute atomic E-state index is 0.0193. The number of furan rings is 1. The first-order valence-electron chi connectivity index (χ1n) is 11.6. The number of nitrogens with zero attached hydrogens (tertiary/aromatic N) is 1. The zero-order valence-electron chi connectivity index (χ0n) is 20.4. The number of hydrogen-bond acceptors (Lipinski definition) is 6. The summed E-state index contributed by atoms with van der Waals surface area (Å²) in [6.45, 7) is 4.84. The van der Waals surface area contributed by atoms with Gasteiger partial charge in [0.15, 0.2) is 5.78 Å². The maximum atomic E-state index is 13.4. The van der Waals surface area contributed by atoms with Crippen LogP contribution in [0.3, 0.4) is 0 Å². The Morgan fingerprint density at radius 2 is 1.91 bits per heavy atom. The molecule has 0 radical (unpaired) electrons. The molecule has 1 aromatic heterocycles. The van der Waals surface area contributed by atoms with Crippen LogP contribution >= 0.6 is 0 Å². The lowest BCUT2D eigenvalue weighted by Crippen LogP contribution is -2.54. The van der Waals surface area contributed by atoms with Crippen LogP contribution in [0.2, 0.25) is 0 Å². The van der Waals surface area contributed by atoms with Gasteiger partial charge in [0.05, 0.1) is 17.9 Å². The molecule has 3 rings (SSSR count). The topological polar surface area (TPSA) is 101 Å². The molecule has 2 aromatic rings. The Labute approximate surface area is 201 Å². The summed E-state index contributed by atoms with van der Waals surface area (Å²) in [5.41, 5.74) is 1.19. The van der Waals surface area contributed by atoms with Gasteiger partial charge in [-0.3, -0.25) is 14.4 Å². The molecule has 184 valence electrons. The lowest BCUT2D eigenvalue weighted by atomic mass is 9.79. The molecule has 0 aliphatic carbocycles. The highest BCUT2D eigenvalue weighted by Gasteiger charge is 2.39. The summed E-state index contributed by atoms with van der Waals surface area (Å²) in [5.74, 6) is -0.945. The van der Waals surface area contributed by atoms with E-state index < -0.39 is 23.9 Å². The fraction of sp³-hybridized carbons (Fsp3) is 0.500. The van der Waals surface area contributed by atoms with Crippen LogP contribution in [0, 0.1) is 5.41 Å². The maximum Gasteiger partial charge on any atom is 0.255 e. The second-order valence-electron chi connectivity index (χ2n) is 9.96. The summed E-state index contributed by atoms with van der Waals surface area (Å²) in [5, 5.41) is 5.71. The number of amides is 2. The second kappa shape index (κ2) is 11.4. The average molecular weight is 470 g/mol. The zero-order valence-corrected chi connectivity index (χ0v) is 20.4. The number of Topliss-reactive ketones (excluding diaryl/α,β-unsaturated/α-hetero) is 1. The molecule has 0 bridgehead atoms. The lowest BCUT2D eigenvalue weighted by molar-refractivity contribution is -0.128. The second-order valence-corrected chi connectivity index (χ2v) is 9.96. The van der Waals surface area contributed by atoms with Crippen LogP contribution in [-0.2, 0) is 20.7 Å². The van der Waals surface area contributed by atoms with Crippen molar-refractivity contribution in [2.24, 2.45) is 5.41 Å². The van der Waals surface area contributed by atoms with Crippen molar-refractivity contribution in [3.05, 3.63) is 60.1 Å². The number of ether oxygens (including phenoxy) is 1. The Kier molecular flexibility index (Phi) is 8.63. The first kappa shape index (κ1) is 25.6. The third-order valence-corrected chi connectivity index (χ3v) is 6.00. The third-order valence-electron chi connectivity index (χ3n) is 6.00. The number of hydrogen-bond donors (Lipinski definition) is 2. The van der Waals surface area contributed by atoms with Crippen molar-refractivity contribution < 1.29 is 23.5 Å². The molecule has 2 N–H and O–H groups in total. The Hall–Kier alpha value is -2.97. The van der Waals surface area contributed by atoms with E-state index in [9.17, 15) is 14.4 Å². The molecule has 2 unspecified atom stereocenters. The molecular formula is C26H35N3O5. The molecule has 2 heterocycles. The fourth-order valence-electron chi connectivity index (χ4n) is 4.26. The SMILES string of the molecule is CN(C)CCC1OCC(=O)C1NC(=O)[C@H](CC(C)(C)Cc1ccccc1)NC(=O)c1ccoc1. The van der Waals surface area contributed by atoms with Crippen LogP contribution in [0.25, 0.3) is 0 Å². The lowest BCUT2D eigenvalue weighted by Gasteiger charge is -2.31. The Morgan fingerprint density at radius 1 is 1.18 bits per heavy atom. The smallest absolute Gasteiger partial charge is 0.255 e. The maximum absolute atomic E-state index is 13.4. The first-order valence-corrected chi connectivity index (χ1v) is 11.6. The highest BCUT2D eigenvalue weighted by Crippen LogP contribution is 2.28. The number of rotatable bonds is 11. The number of carbonyl (C=O) groups excluding carboxylic acids is 3. The Balaban J connectivity index is 1.74. The van der Waals surface area contributed by atoms with Gasteiger partial charge in [0, 0.05) is 6.54 Å². The van der Waals surface area contributed by atoms with Crippen LogP contribution in [0.5, 0.6) is 0 Å². The van der Waals surface area contributed by atoms with Crippen molar-refractivity contribution in [2.75, 3.05) is 27.2 Å². The minimum atomic E-state index is -0.830. The van der Waals surface area contributed by atoms with E-state index >= 15 is 0 Å². The van der Waals surface area contributed by atoms with Crippen molar-refractivity contribution in [1.82, 2.24) is 15.5 Å². The summed E-state index contributed by atoms with van der Waals surface area (Å²) < 4.78 is 10.7. The van der Waals surface area contributed by atoms with Crippen molar-refractivity contribution in [3.63, 3.8) is 0 Å². The number of carbonyl (C=O) groups is 3. The van der Waals surface area contributed by atoms with E-state index in [0.717, 1.165) is 18.5 Å². The van der Waals surface area contributed by atoms with E-state index in [0.29, 0.717) is 18.4 Å². The minimum Gasteiger partial charge on any atom is -0.472 e. The van der Waals surface area contributed by atoms with Crippen LogP contribution in [0.4, 0.5) is 0 Å². The molecule has 8 heteroatoms. The molecule has 0 spiro atoms. The number of ketones is 1. The van der Waals surface area contributed by atoms with Crippen molar-refractivity contribution in [2.45, 2.75) is 51.3 Å². The highest BCUT2D eigenvalue weighted by molar-refractivity contribution is 5.98. The van der Waals surface area contributed by atoms with Gasteiger partial charge in [0.25, 0.3) is 5.91 Å². The third kappa shape index (κ3) is 7.27. The largest absolute Gasteiger partial charge is 0.472 e. The van der Waals surface area contributed by atoms with Gasteiger partial charge in [-0.05, 0) is 50.4 Å². The van der Waals surface area contributed by atoms with Gasteiger partial charge in [-0.15, -0.1) is 0 Å². The van der Waals surface area contributed by atoms with Crippen LogP contribution < -0.4 is 10.6 Å². The summed E-state index contributed by atoms with van der Waals surface area (Å²) in [6, 6.07) is 10.0.